The van der Waals surface area contributed by atoms with Gasteiger partial charge in [0.1, 0.15) is 12.4 Å². The van der Waals surface area contributed by atoms with E-state index in [0.717, 1.165) is 5.57 Å². The van der Waals surface area contributed by atoms with Gasteiger partial charge in [-0.05, 0) is 39.2 Å². The largest absolute Gasteiger partial charge is 0.790 e. The number of allylic oxidation sites excluding steroid dienone is 3. The molecule has 0 heterocycles. The third-order valence-corrected chi connectivity index (χ3v) is 4.13. The molecule has 0 aromatic carbocycles. The lowest BCUT2D eigenvalue weighted by atomic mass is 10.1. The summed E-state index contributed by atoms with van der Waals surface area (Å²) in [7, 11) is -11.1. The van der Waals surface area contributed by atoms with Crippen LogP contribution < -0.4 is 14.7 Å². The molecule has 0 rings (SSSR count). The topological polar surface area (TPSA) is 122 Å². The van der Waals surface area contributed by atoms with Gasteiger partial charge >= 0.3 is 0 Å². The Labute approximate surface area is 117 Å². The highest BCUT2D eigenvalue weighted by molar-refractivity contribution is 7.58. The van der Waals surface area contributed by atoms with Crippen molar-refractivity contribution >= 4 is 15.6 Å². The van der Waals surface area contributed by atoms with Crippen LogP contribution in [-0.2, 0) is 18.0 Å². The lowest BCUT2D eigenvalue weighted by Crippen LogP contribution is -2.19. The zero-order valence-corrected chi connectivity index (χ0v) is 13.1. The molecule has 0 spiro atoms. The van der Waals surface area contributed by atoms with E-state index in [4.69, 9.17) is 0 Å². The third-order valence-electron chi connectivity index (χ3n) is 2.08. The van der Waals surface area contributed by atoms with Crippen LogP contribution in [0.15, 0.2) is 23.0 Å². The molecule has 7 nitrogen and oxygen atoms in total. The molecular weight excluding hydrogens is 313 g/mol. The average Bonchev–Trinajstić information content (AvgIpc) is 2.22. The molecule has 0 fully saturated rings. The van der Waals surface area contributed by atoms with E-state index in [-0.39, 0.29) is 5.57 Å². The highest BCUT2D eigenvalue weighted by atomic mass is 31.3. The van der Waals surface area contributed by atoms with Crippen LogP contribution in [0.25, 0.3) is 0 Å². The Morgan fingerprint density at radius 2 is 1.75 bits per heavy atom. The van der Waals surface area contributed by atoms with Crippen LogP contribution >= 0.6 is 15.6 Å². The average molecular weight is 329 g/mol. The second-order valence-electron chi connectivity index (χ2n) is 4.25. The minimum Gasteiger partial charge on any atom is -0.790 e. The molecule has 0 aromatic heterocycles. The molecule has 0 bridgehead atoms. The first kappa shape index (κ1) is 19.7. The van der Waals surface area contributed by atoms with Gasteiger partial charge in [-0.15, -0.1) is 0 Å². The van der Waals surface area contributed by atoms with Crippen molar-refractivity contribution in [3.63, 3.8) is 0 Å². The second kappa shape index (κ2) is 8.20. The first-order valence-electron chi connectivity index (χ1n) is 5.59. The van der Waals surface area contributed by atoms with Crippen molar-refractivity contribution in [3.8, 4) is 0 Å². The summed E-state index contributed by atoms with van der Waals surface area (Å²) < 4.78 is 41.6. The van der Waals surface area contributed by atoms with Gasteiger partial charge in [-0.2, -0.15) is 0 Å². The fraction of sp³-hybridized carbons (Fsp3) is 0.600. The summed E-state index contributed by atoms with van der Waals surface area (Å²) in [5.41, 5.74) is 1.32. The van der Waals surface area contributed by atoms with E-state index in [1.165, 1.54) is 6.92 Å². The highest BCUT2D eigenvalue weighted by Gasteiger charge is 2.13. The molecular formula is C10H16FO7P2-3. The van der Waals surface area contributed by atoms with Crippen LogP contribution in [0.1, 0.15) is 33.6 Å². The van der Waals surface area contributed by atoms with Gasteiger partial charge in [0.2, 0.25) is 0 Å². The molecule has 1 unspecified atom stereocenters. The molecule has 0 saturated carbocycles. The van der Waals surface area contributed by atoms with Crippen LogP contribution in [0, 0.1) is 0 Å². The molecule has 1 atom stereocenters. The molecule has 0 N–H and O–H groups in total. The maximum atomic E-state index is 13.5. The van der Waals surface area contributed by atoms with Gasteiger partial charge in [0, 0.05) is 0 Å². The molecule has 0 aliphatic rings. The first-order valence-corrected chi connectivity index (χ1v) is 8.51. The molecule has 0 aliphatic heterocycles. The SMILES string of the molecule is CC(C)=CCC/C(C)=C(\F)COP(=O)([O-])OP(=O)([O-])[O-]. The number of hydrogen-bond acceptors (Lipinski definition) is 7. The van der Waals surface area contributed by atoms with Crippen molar-refractivity contribution in [3.05, 3.63) is 23.0 Å². The van der Waals surface area contributed by atoms with E-state index in [1.54, 1.807) is 0 Å². The summed E-state index contributed by atoms with van der Waals surface area (Å²) >= 11 is 0. The Kier molecular flexibility index (Phi) is 8.06. The van der Waals surface area contributed by atoms with Gasteiger partial charge in [-0.25, -0.2) is 4.39 Å². The molecule has 0 aliphatic carbocycles. The van der Waals surface area contributed by atoms with Crippen molar-refractivity contribution in [2.75, 3.05) is 6.61 Å². The van der Waals surface area contributed by atoms with Crippen LogP contribution in [0.4, 0.5) is 4.39 Å². The van der Waals surface area contributed by atoms with E-state index in [0.29, 0.717) is 12.8 Å². The van der Waals surface area contributed by atoms with Gasteiger partial charge in [-0.3, -0.25) is 8.88 Å². The Bertz CT molecular complexity index is 476. The number of phosphoric acid groups is 2. The Hall–Kier alpha value is -0.330. The first-order chi connectivity index (χ1) is 8.93. The van der Waals surface area contributed by atoms with E-state index < -0.39 is 28.1 Å². The van der Waals surface area contributed by atoms with E-state index in [9.17, 15) is 28.2 Å². The predicted octanol–water partition coefficient (Wildman–Crippen LogP) is 1.31. The molecule has 0 saturated heterocycles. The summed E-state index contributed by atoms with van der Waals surface area (Å²) in [6.07, 6.45) is 2.81. The molecule has 0 amide bonds. The van der Waals surface area contributed by atoms with Crippen molar-refractivity contribution in [2.24, 2.45) is 0 Å². The van der Waals surface area contributed by atoms with Crippen LogP contribution in [-0.4, -0.2) is 6.61 Å². The van der Waals surface area contributed by atoms with Gasteiger partial charge in [-0.1, -0.05) is 11.6 Å². The van der Waals surface area contributed by atoms with E-state index in [1.807, 2.05) is 19.9 Å². The van der Waals surface area contributed by atoms with Crippen molar-refractivity contribution < 1.29 is 37.0 Å². The Morgan fingerprint density at radius 1 is 1.20 bits per heavy atom. The van der Waals surface area contributed by atoms with Crippen LogP contribution in [0.5, 0.6) is 0 Å². The number of hydrogen-bond donors (Lipinski definition) is 0. The number of rotatable bonds is 8. The molecule has 10 heteroatoms. The highest BCUT2D eigenvalue weighted by Crippen LogP contribution is 2.50. The van der Waals surface area contributed by atoms with Gasteiger partial charge in [0.25, 0.3) is 7.82 Å². The van der Waals surface area contributed by atoms with E-state index >= 15 is 0 Å². The normalized spacial score (nSPS) is 16.4. The molecule has 118 valence electrons. The van der Waals surface area contributed by atoms with Gasteiger partial charge < -0.3 is 23.8 Å². The smallest absolute Gasteiger partial charge is 0.272 e. The van der Waals surface area contributed by atoms with Crippen LogP contribution in [0.2, 0.25) is 0 Å². The summed E-state index contributed by atoms with van der Waals surface area (Å²) in [5, 5.41) is 0. The van der Waals surface area contributed by atoms with Crippen molar-refractivity contribution in [1.82, 2.24) is 0 Å². The van der Waals surface area contributed by atoms with Gasteiger partial charge in [0.05, 0.1) is 7.82 Å². The summed E-state index contributed by atoms with van der Waals surface area (Å²) in [4.78, 5) is 31.1. The lowest BCUT2D eigenvalue weighted by molar-refractivity contribution is -0.339. The fourth-order valence-corrected chi connectivity index (χ4v) is 2.56. The standard InChI is InChI=1S/C10H19FO7P2/c1-8(2)5-4-6-9(3)10(11)7-17-20(15,16)18-19(12,13)14/h5H,4,6-7H2,1-3H3,(H,15,16)(H2,12,13,14)/p-3/b10-9-. The third kappa shape index (κ3) is 10.5. The maximum Gasteiger partial charge on any atom is 0.272 e. The Morgan fingerprint density at radius 3 is 2.20 bits per heavy atom. The fourth-order valence-electron chi connectivity index (χ4n) is 1.12. The Balaban J connectivity index is 4.45. The van der Waals surface area contributed by atoms with Crippen molar-refractivity contribution in [2.45, 2.75) is 33.6 Å². The van der Waals surface area contributed by atoms with Crippen LogP contribution in [0.3, 0.4) is 0 Å². The minimum atomic E-state index is -5.75. The lowest BCUT2D eigenvalue weighted by Gasteiger charge is -2.34. The summed E-state index contributed by atoms with van der Waals surface area (Å²) in [6.45, 7) is 4.20. The predicted molar refractivity (Wildman–Crippen MR) is 64.7 cm³/mol. The quantitative estimate of drug-likeness (QED) is 0.486. The number of halogens is 1. The maximum absolute atomic E-state index is 13.5. The minimum absolute atomic E-state index is 0.259. The zero-order chi connectivity index (χ0) is 16.0. The zero-order valence-electron chi connectivity index (χ0n) is 11.3. The monoisotopic (exact) mass is 329 g/mol. The number of phosphoric ester groups is 1. The molecule has 20 heavy (non-hydrogen) atoms. The van der Waals surface area contributed by atoms with Crippen molar-refractivity contribution in [1.29, 1.82) is 0 Å². The second-order valence-corrected chi connectivity index (χ2v) is 6.96. The molecule has 0 radical (unpaired) electrons. The summed E-state index contributed by atoms with van der Waals surface area (Å²) in [5.74, 6) is -0.863. The molecule has 0 aromatic rings. The van der Waals surface area contributed by atoms with Gasteiger partial charge in [0.15, 0.2) is 0 Å². The summed E-state index contributed by atoms with van der Waals surface area (Å²) in [6, 6.07) is 0. The van der Waals surface area contributed by atoms with E-state index in [2.05, 4.69) is 8.83 Å².